The van der Waals surface area contributed by atoms with Gasteiger partial charge in [-0.3, -0.25) is 19.3 Å². The Hall–Kier alpha value is -3.58. The minimum absolute atomic E-state index is 0.137. The zero-order valence-corrected chi connectivity index (χ0v) is 19.0. The lowest BCUT2D eigenvalue weighted by molar-refractivity contribution is -0.138. The largest absolute Gasteiger partial charge is 0.468 e. The van der Waals surface area contributed by atoms with E-state index in [1.165, 1.54) is 20.2 Å². The molecule has 0 radical (unpaired) electrons. The van der Waals surface area contributed by atoms with Crippen LogP contribution in [-0.4, -0.2) is 49.9 Å². The van der Waals surface area contributed by atoms with Gasteiger partial charge in [0.15, 0.2) is 0 Å². The first-order valence-electron chi connectivity index (χ1n) is 9.81. The standard InChI is InChI=1S/C22H18BrN5O4/c1-27-21(30)15-9-13(10-24)20(19(23)18(15)22(27)31)26-25-14-5-6-16-12(8-14)4-3-7-28(16)11-17(29)32-2/h5-6,8-9H,3-4,7,11H2,1-2H3. The molecule has 2 aromatic rings. The number of esters is 1. The highest BCUT2D eigenvalue weighted by molar-refractivity contribution is 9.10. The van der Waals surface area contributed by atoms with E-state index in [2.05, 4.69) is 26.2 Å². The molecule has 0 bridgehead atoms. The summed E-state index contributed by atoms with van der Waals surface area (Å²) >= 11 is 3.34. The van der Waals surface area contributed by atoms with E-state index in [1.807, 2.05) is 23.1 Å². The number of imide groups is 1. The van der Waals surface area contributed by atoms with Crippen LogP contribution in [0.25, 0.3) is 0 Å². The Balaban J connectivity index is 1.68. The Bertz CT molecular complexity index is 1230. The quantitative estimate of drug-likeness (QED) is 0.360. The second-order valence-electron chi connectivity index (χ2n) is 7.40. The molecule has 0 atom stereocenters. The number of hydrogen-bond donors (Lipinski definition) is 0. The molecule has 0 unspecified atom stereocenters. The predicted molar refractivity (Wildman–Crippen MR) is 118 cm³/mol. The molecule has 0 saturated carbocycles. The molecule has 2 aliphatic heterocycles. The maximum atomic E-state index is 12.4. The number of anilines is 1. The molecule has 9 nitrogen and oxygen atoms in total. The highest BCUT2D eigenvalue weighted by Crippen LogP contribution is 2.40. The van der Waals surface area contributed by atoms with Crippen molar-refractivity contribution < 1.29 is 19.1 Å². The first-order valence-corrected chi connectivity index (χ1v) is 10.6. The highest BCUT2D eigenvalue weighted by Gasteiger charge is 2.37. The number of hydrogen-bond acceptors (Lipinski definition) is 8. The van der Waals surface area contributed by atoms with Crippen LogP contribution in [0.15, 0.2) is 39.0 Å². The van der Waals surface area contributed by atoms with Crippen molar-refractivity contribution in [3.8, 4) is 6.07 Å². The zero-order chi connectivity index (χ0) is 23.0. The fraction of sp³-hybridized carbons (Fsp3) is 0.273. The minimum Gasteiger partial charge on any atom is -0.468 e. The molecule has 32 heavy (non-hydrogen) atoms. The van der Waals surface area contributed by atoms with Gasteiger partial charge < -0.3 is 9.64 Å². The first kappa shape index (κ1) is 21.6. The number of nitriles is 1. The van der Waals surface area contributed by atoms with Gasteiger partial charge in [0.05, 0.1) is 34.0 Å². The van der Waals surface area contributed by atoms with E-state index < -0.39 is 11.8 Å². The summed E-state index contributed by atoms with van der Waals surface area (Å²) in [6.07, 6.45) is 1.73. The second kappa shape index (κ2) is 8.51. The lowest BCUT2D eigenvalue weighted by Gasteiger charge is -2.30. The van der Waals surface area contributed by atoms with Gasteiger partial charge in [-0.05, 0) is 58.6 Å². The number of aryl methyl sites for hydroxylation is 1. The topological polar surface area (TPSA) is 115 Å². The highest BCUT2D eigenvalue weighted by atomic mass is 79.9. The van der Waals surface area contributed by atoms with Crippen molar-refractivity contribution in [1.29, 1.82) is 5.26 Å². The number of carbonyl (C=O) groups is 3. The van der Waals surface area contributed by atoms with Gasteiger partial charge in [-0.2, -0.15) is 10.4 Å². The van der Waals surface area contributed by atoms with Crippen molar-refractivity contribution in [2.75, 3.05) is 32.1 Å². The van der Waals surface area contributed by atoms with Crippen LogP contribution in [0.2, 0.25) is 0 Å². The molecule has 4 rings (SSSR count). The van der Waals surface area contributed by atoms with Gasteiger partial charge in [0.2, 0.25) is 0 Å². The third-order valence-electron chi connectivity index (χ3n) is 5.51. The average molecular weight is 496 g/mol. The van der Waals surface area contributed by atoms with E-state index in [-0.39, 0.29) is 39.4 Å². The van der Waals surface area contributed by atoms with Gasteiger partial charge in [-0.25, -0.2) is 0 Å². The third-order valence-corrected chi connectivity index (χ3v) is 6.28. The van der Waals surface area contributed by atoms with Crippen molar-refractivity contribution in [2.45, 2.75) is 12.8 Å². The summed E-state index contributed by atoms with van der Waals surface area (Å²) in [4.78, 5) is 39.3. The molecule has 2 aliphatic rings. The van der Waals surface area contributed by atoms with Crippen LogP contribution in [0.3, 0.4) is 0 Å². The summed E-state index contributed by atoms with van der Waals surface area (Å²) in [7, 11) is 2.76. The van der Waals surface area contributed by atoms with Gasteiger partial charge in [0.25, 0.3) is 11.8 Å². The van der Waals surface area contributed by atoms with Crippen molar-refractivity contribution in [3.05, 3.63) is 51.0 Å². The van der Waals surface area contributed by atoms with Crippen LogP contribution < -0.4 is 4.90 Å². The van der Waals surface area contributed by atoms with E-state index in [9.17, 15) is 19.6 Å². The van der Waals surface area contributed by atoms with Crippen molar-refractivity contribution in [3.63, 3.8) is 0 Å². The number of ether oxygens (including phenoxy) is 1. The molecular formula is C22H18BrN5O4. The van der Waals surface area contributed by atoms with E-state index >= 15 is 0 Å². The van der Waals surface area contributed by atoms with Gasteiger partial charge >= 0.3 is 5.97 Å². The summed E-state index contributed by atoms with van der Waals surface area (Å²) in [5, 5.41) is 18.0. The number of benzene rings is 2. The van der Waals surface area contributed by atoms with Crippen LogP contribution in [0.5, 0.6) is 0 Å². The molecule has 0 aromatic heterocycles. The van der Waals surface area contributed by atoms with Crippen molar-refractivity contribution >= 4 is 50.8 Å². The Kier molecular flexibility index (Phi) is 5.76. The van der Waals surface area contributed by atoms with E-state index in [0.29, 0.717) is 5.69 Å². The number of amides is 2. The number of azo groups is 1. The number of carbonyl (C=O) groups excluding carboxylic acids is 3. The molecule has 2 amide bonds. The summed E-state index contributed by atoms with van der Waals surface area (Å²) < 4.78 is 5.04. The fourth-order valence-corrected chi connectivity index (χ4v) is 4.53. The normalized spacial score (nSPS) is 15.1. The number of nitrogens with zero attached hydrogens (tertiary/aromatic N) is 5. The molecule has 162 valence electrons. The summed E-state index contributed by atoms with van der Waals surface area (Å²) in [6, 6.07) is 8.93. The van der Waals surface area contributed by atoms with Crippen LogP contribution in [0, 0.1) is 11.3 Å². The van der Waals surface area contributed by atoms with Gasteiger partial charge in [0.1, 0.15) is 18.3 Å². The first-order chi connectivity index (χ1) is 15.3. The van der Waals surface area contributed by atoms with Gasteiger partial charge in [-0.15, -0.1) is 5.11 Å². The van der Waals surface area contributed by atoms with E-state index in [0.717, 1.165) is 35.5 Å². The summed E-state index contributed by atoms with van der Waals surface area (Å²) in [5.74, 6) is -1.22. The molecule has 0 fully saturated rings. The Morgan fingerprint density at radius 1 is 1.25 bits per heavy atom. The van der Waals surface area contributed by atoms with Crippen LogP contribution in [-0.2, 0) is 16.0 Å². The number of fused-ring (bicyclic) bond motifs is 2. The van der Waals surface area contributed by atoms with Crippen molar-refractivity contribution in [1.82, 2.24) is 4.90 Å². The Morgan fingerprint density at radius 2 is 2.03 bits per heavy atom. The molecule has 0 N–H and O–H groups in total. The van der Waals surface area contributed by atoms with E-state index in [1.54, 1.807) is 6.07 Å². The smallest absolute Gasteiger partial charge is 0.325 e. The van der Waals surface area contributed by atoms with Gasteiger partial charge in [-0.1, -0.05) is 0 Å². The molecule has 2 heterocycles. The average Bonchev–Trinajstić information content (AvgIpc) is 3.02. The van der Waals surface area contributed by atoms with Gasteiger partial charge in [0, 0.05) is 19.3 Å². The second-order valence-corrected chi connectivity index (χ2v) is 8.20. The lowest BCUT2D eigenvalue weighted by atomic mass is 10.0. The van der Waals surface area contributed by atoms with E-state index in [4.69, 9.17) is 4.74 Å². The maximum absolute atomic E-state index is 12.4. The summed E-state index contributed by atoms with van der Waals surface area (Å²) in [6.45, 7) is 0.941. The minimum atomic E-state index is -0.461. The predicted octanol–water partition coefficient (Wildman–Crippen LogP) is 3.89. The number of methoxy groups -OCH3 is 1. The Morgan fingerprint density at radius 3 is 2.75 bits per heavy atom. The molecule has 0 aliphatic carbocycles. The monoisotopic (exact) mass is 495 g/mol. The molecule has 0 spiro atoms. The number of rotatable bonds is 4. The molecule has 10 heteroatoms. The SMILES string of the molecule is COC(=O)CN1CCCc2cc(N=Nc3c(C#N)cc4c(c3Br)C(=O)N(C)C4=O)ccc21. The van der Waals surface area contributed by atoms with Crippen LogP contribution in [0.4, 0.5) is 17.1 Å². The lowest BCUT2D eigenvalue weighted by Crippen LogP contribution is -2.34. The molecule has 2 aromatic carbocycles. The third kappa shape index (κ3) is 3.65. The molecule has 0 saturated heterocycles. The maximum Gasteiger partial charge on any atom is 0.325 e. The fourth-order valence-electron chi connectivity index (χ4n) is 3.86. The van der Waals surface area contributed by atoms with Crippen molar-refractivity contribution in [2.24, 2.45) is 10.2 Å². The number of halogens is 1. The van der Waals surface area contributed by atoms with Crippen LogP contribution in [0.1, 0.15) is 38.3 Å². The Labute approximate surface area is 192 Å². The zero-order valence-electron chi connectivity index (χ0n) is 17.4. The summed E-state index contributed by atoms with van der Waals surface area (Å²) in [5.41, 5.74) is 3.22. The molecular weight excluding hydrogens is 478 g/mol. The van der Waals surface area contributed by atoms with Crippen LogP contribution >= 0.6 is 15.9 Å².